The molecule has 2 aromatic rings. The van der Waals surface area contributed by atoms with E-state index in [4.69, 9.17) is 9.47 Å². The van der Waals surface area contributed by atoms with Crippen molar-refractivity contribution in [2.45, 2.75) is 13.3 Å². The highest BCUT2D eigenvalue weighted by atomic mass is 32.1. The molecule has 2 N–H and O–H groups in total. The third-order valence-corrected chi connectivity index (χ3v) is 4.34. The number of thiazole rings is 1. The summed E-state index contributed by atoms with van der Waals surface area (Å²) in [6.07, 6.45) is -0.0315. The molecular formula is C18H21N3O5S. The maximum absolute atomic E-state index is 11.9. The molecule has 0 spiro atoms. The van der Waals surface area contributed by atoms with E-state index in [1.807, 2.05) is 24.3 Å². The SMILES string of the molecule is CCNC(=O)CNC(=O)COC(=O)Cc1csc(-c2ccc(OC)cc2)n1. The molecule has 0 unspecified atom stereocenters. The molecule has 0 aliphatic heterocycles. The van der Waals surface area contributed by atoms with E-state index in [0.29, 0.717) is 12.2 Å². The summed E-state index contributed by atoms with van der Waals surface area (Å²) in [6.45, 7) is 1.67. The lowest BCUT2D eigenvalue weighted by molar-refractivity contribution is -0.148. The summed E-state index contributed by atoms with van der Waals surface area (Å²) in [6, 6.07) is 7.45. The van der Waals surface area contributed by atoms with Gasteiger partial charge in [-0.05, 0) is 31.2 Å². The number of esters is 1. The molecule has 0 atom stereocenters. The summed E-state index contributed by atoms with van der Waals surface area (Å²) in [5.74, 6) is -0.642. The van der Waals surface area contributed by atoms with Gasteiger partial charge in [0.1, 0.15) is 10.8 Å². The average Bonchev–Trinajstić information content (AvgIpc) is 3.13. The minimum Gasteiger partial charge on any atom is -0.497 e. The third-order valence-electron chi connectivity index (χ3n) is 3.40. The molecule has 2 rings (SSSR count). The van der Waals surface area contributed by atoms with Gasteiger partial charge in [-0.2, -0.15) is 0 Å². The molecular weight excluding hydrogens is 370 g/mol. The molecule has 0 bridgehead atoms. The molecule has 1 aromatic carbocycles. The zero-order chi connectivity index (χ0) is 19.6. The normalized spacial score (nSPS) is 10.1. The van der Waals surface area contributed by atoms with Crippen LogP contribution in [0.25, 0.3) is 10.6 Å². The Kier molecular flexibility index (Phi) is 7.75. The second kappa shape index (κ2) is 10.3. The predicted molar refractivity (Wildman–Crippen MR) is 100 cm³/mol. The Bertz CT molecular complexity index is 789. The Morgan fingerprint density at radius 2 is 1.85 bits per heavy atom. The van der Waals surface area contributed by atoms with Crippen LogP contribution < -0.4 is 15.4 Å². The van der Waals surface area contributed by atoms with Gasteiger partial charge in [0, 0.05) is 17.5 Å². The quantitative estimate of drug-likeness (QED) is 0.621. The first-order chi connectivity index (χ1) is 13.0. The third kappa shape index (κ3) is 6.70. The molecule has 0 saturated carbocycles. The Morgan fingerprint density at radius 3 is 2.52 bits per heavy atom. The first kappa shape index (κ1) is 20.4. The average molecular weight is 391 g/mol. The molecule has 0 radical (unpaired) electrons. The van der Waals surface area contributed by atoms with Crippen LogP contribution in [0.3, 0.4) is 0 Å². The predicted octanol–water partition coefficient (Wildman–Crippen LogP) is 1.16. The minimum absolute atomic E-state index is 0.0315. The van der Waals surface area contributed by atoms with Crippen LogP contribution in [0.2, 0.25) is 0 Å². The van der Waals surface area contributed by atoms with Crippen molar-refractivity contribution in [2.24, 2.45) is 0 Å². The fraction of sp³-hybridized carbons (Fsp3) is 0.333. The molecule has 1 heterocycles. The number of nitrogens with one attached hydrogen (secondary N) is 2. The van der Waals surface area contributed by atoms with Gasteiger partial charge in [-0.3, -0.25) is 14.4 Å². The van der Waals surface area contributed by atoms with Crippen molar-refractivity contribution in [1.29, 1.82) is 0 Å². The summed E-state index contributed by atoms with van der Waals surface area (Å²) in [7, 11) is 1.60. The van der Waals surface area contributed by atoms with Gasteiger partial charge in [-0.1, -0.05) is 0 Å². The van der Waals surface area contributed by atoms with E-state index in [0.717, 1.165) is 16.3 Å². The first-order valence-corrected chi connectivity index (χ1v) is 9.17. The summed E-state index contributed by atoms with van der Waals surface area (Å²) < 4.78 is 10.0. The highest BCUT2D eigenvalue weighted by Crippen LogP contribution is 2.25. The standard InChI is InChI=1S/C18H21N3O5S/c1-3-19-15(22)9-20-16(23)10-26-17(24)8-13-11-27-18(21-13)12-4-6-14(25-2)7-5-12/h4-7,11H,3,8-10H2,1-2H3,(H,19,22)(H,20,23). The van der Waals surface area contributed by atoms with E-state index in [2.05, 4.69) is 15.6 Å². The zero-order valence-corrected chi connectivity index (χ0v) is 15.9. The Morgan fingerprint density at radius 1 is 1.11 bits per heavy atom. The van der Waals surface area contributed by atoms with Crippen molar-refractivity contribution in [3.8, 4) is 16.3 Å². The second-order valence-corrected chi connectivity index (χ2v) is 6.30. The fourth-order valence-electron chi connectivity index (χ4n) is 2.09. The summed E-state index contributed by atoms with van der Waals surface area (Å²) in [4.78, 5) is 39.1. The van der Waals surface area contributed by atoms with E-state index < -0.39 is 18.5 Å². The van der Waals surface area contributed by atoms with Crippen molar-refractivity contribution >= 4 is 29.1 Å². The number of amides is 2. The van der Waals surface area contributed by atoms with E-state index in [1.165, 1.54) is 11.3 Å². The van der Waals surface area contributed by atoms with Crippen LogP contribution in [0.4, 0.5) is 0 Å². The number of likely N-dealkylation sites (N-methyl/N-ethyl adjacent to an activating group) is 1. The fourth-order valence-corrected chi connectivity index (χ4v) is 2.91. The van der Waals surface area contributed by atoms with Crippen LogP contribution in [0.1, 0.15) is 12.6 Å². The number of carbonyl (C=O) groups excluding carboxylic acids is 3. The van der Waals surface area contributed by atoms with Crippen molar-refractivity contribution in [2.75, 3.05) is 26.8 Å². The molecule has 0 aliphatic carbocycles. The van der Waals surface area contributed by atoms with Crippen molar-refractivity contribution in [1.82, 2.24) is 15.6 Å². The molecule has 2 amide bonds. The van der Waals surface area contributed by atoms with Crippen LogP contribution in [0, 0.1) is 0 Å². The molecule has 0 saturated heterocycles. The van der Waals surface area contributed by atoms with Gasteiger partial charge in [0.15, 0.2) is 6.61 Å². The first-order valence-electron chi connectivity index (χ1n) is 8.29. The molecule has 0 fully saturated rings. The molecule has 8 nitrogen and oxygen atoms in total. The maximum atomic E-state index is 11.9. The van der Waals surface area contributed by atoms with Crippen LogP contribution in [-0.2, 0) is 25.5 Å². The number of aromatic nitrogens is 1. The van der Waals surface area contributed by atoms with Crippen LogP contribution >= 0.6 is 11.3 Å². The lowest BCUT2D eigenvalue weighted by atomic mass is 10.2. The van der Waals surface area contributed by atoms with Gasteiger partial charge >= 0.3 is 5.97 Å². The number of hydrogen-bond donors (Lipinski definition) is 2. The number of nitrogens with zero attached hydrogens (tertiary/aromatic N) is 1. The maximum Gasteiger partial charge on any atom is 0.312 e. The van der Waals surface area contributed by atoms with Crippen molar-refractivity contribution in [3.63, 3.8) is 0 Å². The van der Waals surface area contributed by atoms with Gasteiger partial charge in [0.25, 0.3) is 5.91 Å². The van der Waals surface area contributed by atoms with E-state index in [-0.39, 0.29) is 18.9 Å². The highest BCUT2D eigenvalue weighted by Gasteiger charge is 2.12. The summed E-state index contributed by atoms with van der Waals surface area (Å²) in [5, 5.41) is 7.47. The van der Waals surface area contributed by atoms with Gasteiger partial charge in [-0.25, -0.2) is 4.98 Å². The molecule has 9 heteroatoms. The number of benzene rings is 1. The highest BCUT2D eigenvalue weighted by molar-refractivity contribution is 7.13. The molecule has 1 aromatic heterocycles. The van der Waals surface area contributed by atoms with Gasteiger partial charge < -0.3 is 20.1 Å². The summed E-state index contributed by atoms with van der Waals surface area (Å²) >= 11 is 1.41. The van der Waals surface area contributed by atoms with Gasteiger partial charge in [-0.15, -0.1) is 11.3 Å². The van der Waals surface area contributed by atoms with Gasteiger partial charge in [0.2, 0.25) is 5.91 Å². The molecule has 27 heavy (non-hydrogen) atoms. The number of ether oxygens (including phenoxy) is 2. The summed E-state index contributed by atoms with van der Waals surface area (Å²) in [5.41, 5.74) is 1.49. The number of hydrogen-bond acceptors (Lipinski definition) is 7. The lowest BCUT2D eigenvalue weighted by Gasteiger charge is -2.06. The van der Waals surface area contributed by atoms with Crippen molar-refractivity contribution in [3.05, 3.63) is 35.3 Å². The molecule has 144 valence electrons. The van der Waals surface area contributed by atoms with E-state index in [9.17, 15) is 14.4 Å². The lowest BCUT2D eigenvalue weighted by Crippen LogP contribution is -2.38. The smallest absolute Gasteiger partial charge is 0.312 e. The Balaban J connectivity index is 1.78. The van der Waals surface area contributed by atoms with Crippen LogP contribution in [0.5, 0.6) is 5.75 Å². The van der Waals surface area contributed by atoms with E-state index >= 15 is 0 Å². The largest absolute Gasteiger partial charge is 0.497 e. The van der Waals surface area contributed by atoms with Crippen LogP contribution in [-0.4, -0.2) is 49.6 Å². The monoisotopic (exact) mass is 391 g/mol. The topological polar surface area (TPSA) is 107 Å². The van der Waals surface area contributed by atoms with Crippen molar-refractivity contribution < 1.29 is 23.9 Å². The zero-order valence-electron chi connectivity index (χ0n) is 15.1. The second-order valence-electron chi connectivity index (χ2n) is 5.44. The van der Waals surface area contributed by atoms with Crippen LogP contribution in [0.15, 0.2) is 29.6 Å². The number of rotatable bonds is 9. The number of carbonyl (C=O) groups is 3. The Hall–Kier alpha value is -2.94. The Labute approximate surface area is 160 Å². The number of methoxy groups -OCH3 is 1. The van der Waals surface area contributed by atoms with E-state index in [1.54, 1.807) is 19.4 Å². The minimum atomic E-state index is -0.560. The van der Waals surface area contributed by atoms with Gasteiger partial charge in [0.05, 0.1) is 25.8 Å². The molecule has 0 aliphatic rings.